The number of aromatic hydroxyl groups is 1. The van der Waals surface area contributed by atoms with Gasteiger partial charge in [0.2, 0.25) is 0 Å². The van der Waals surface area contributed by atoms with Crippen molar-refractivity contribution in [2.45, 2.75) is 18.7 Å². The molecule has 0 aliphatic carbocycles. The Hall–Kier alpha value is -1.74. The molecular weight excluding hydrogens is 266 g/mol. The number of thioether (sulfide) groups is 1. The SMILES string of the molecule is Cc1ccc(C)c(SCCN=Cc2ccccc2O)c1. The summed E-state index contributed by atoms with van der Waals surface area (Å²) < 4.78 is 0. The summed E-state index contributed by atoms with van der Waals surface area (Å²) in [5, 5.41) is 9.62. The average Bonchev–Trinajstić information content (AvgIpc) is 2.44. The first-order valence-corrected chi connectivity index (χ1v) is 7.63. The van der Waals surface area contributed by atoms with Gasteiger partial charge < -0.3 is 5.11 Å². The van der Waals surface area contributed by atoms with E-state index in [1.165, 1.54) is 16.0 Å². The zero-order valence-corrected chi connectivity index (χ0v) is 12.7. The molecule has 0 bridgehead atoms. The molecule has 0 radical (unpaired) electrons. The third-order valence-electron chi connectivity index (χ3n) is 2.99. The number of phenolic OH excluding ortho intramolecular Hbond substituents is 1. The highest BCUT2D eigenvalue weighted by atomic mass is 32.2. The van der Waals surface area contributed by atoms with Crippen molar-refractivity contribution < 1.29 is 5.11 Å². The zero-order valence-electron chi connectivity index (χ0n) is 11.8. The molecule has 2 rings (SSSR count). The van der Waals surface area contributed by atoms with Crippen LogP contribution in [0, 0.1) is 13.8 Å². The maximum Gasteiger partial charge on any atom is 0.124 e. The summed E-state index contributed by atoms with van der Waals surface area (Å²) >= 11 is 1.82. The van der Waals surface area contributed by atoms with E-state index in [1.54, 1.807) is 12.3 Å². The largest absolute Gasteiger partial charge is 0.507 e. The number of phenols is 1. The minimum absolute atomic E-state index is 0.276. The molecule has 0 saturated carbocycles. The number of hydrogen-bond acceptors (Lipinski definition) is 3. The van der Waals surface area contributed by atoms with Gasteiger partial charge in [0.05, 0.1) is 0 Å². The van der Waals surface area contributed by atoms with Gasteiger partial charge in [0, 0.05) is 29.0 Å². The molecule has 0 aromatic heterocycles. The molecule has 0 spiro atoms. The summed E-state index contributed by atoms with van der Waals surface area (Å²) in [6.45, 7) is 4.99. The van der Waals surface area contributed by atoms with Crippen LogP contribution in [-0.4, -0.2) is 23.6 Å². The maximum atomic E-state index is 9.62. The molecule has 0 unspecified atom stereocenters. The standard InChI is InChI=1S/C17H19NOS/c1-13-7-8-14(2)17(11-13)20-10-9-18-12-15-5-3-4-6-16(15)19/h3-8,11-12,19H,9-10H2,1-2H3. The fourth-order valence-corrected chi connectivity index (χ4v) is 2.81. The number of hydrogen-bond donors (Lipinski definition) is 1. The second-order valence-electron chi connectivity index (χ2n) is 4.71. The van der Waals surface area contributed by atoms with Gasteiger partial charge in [-0.1, -0.05) is 29.8 Å². The summed E-state index contributed by atoms with van der Waals surface area (Å²) in [4.78, 5) is 5.69. The van der Waals surface area contributed by atoms with Crippen LogP contribution in [0.5, 0.6) is 5.75 Å². The Kier molecular flexibility index (Phi) is 5.24. The fraction of sp³-hybridized carbons (Fsp3) is 0.235. The monoisotopic (exact) mass is 285 g/mol. The van der Waals surface area contributed by atoms with Crippen molar-refractivity contribution in [2.75, 3.05) is 12.3 Å². The van der Waals surface area contributed by atoms with Crippen LogP contribution in [0.1, 0.15) is 16.7 Å². The highest BCUT2D eigenvalue weighted by Gasteiger charge is 1.99. The lowest BCUT2D eigenvalue weighted by atomic mass is 10.2. The quantitative estimate of drug-likeness (QED) is 0.507. The van der Waals surface area contributed by atoms with Crippen LogP contribution >= 0.6 is 11.8 Å². The Bertz CT molecular complexity index is 608. The highest BCUT2D eigenvalue weighted by Crippen LogP contribution is 2.23. The average molecular weight is 285 g/mol. The highest BCUT2D eigenvalue weighted by molar-refractivity contribution is 7.99. The van der Waals surface area contributed by atoms with Crippen LogP contribution < -0.4 is 0 Å². The molecule has 0 aliphatic rings. The van der Waals surface area contributed by atoms with Crippen molar-refractivity contribution in [3.63, 3.8) is 0 Å². The molecule has 20 heavy (non-hydrogen) atoms. The molecule has 0 atom stereocenters. The molecule has 3 heteroatoms. The third-order valence-corrected chi connectivity index (χ3v) is 4.13. The predicted molar refractivity (Wildman–Crippen MR) is 87.2 cm³/mol. The first kappa shape index (κ1) is 14.7. The molecule has 0 heterocycles. The van der Waals surface area contributed by atoms with Crippen molar-refractivity contribution in [1.29, 1.82) is 0 Å². The van der Waals surface area contributed by atoms with Crippen molar-refractivity contribution >= 4 is 18.0 Å². The van der Waals surface area contributed by atoms with Crippen molar-refractivity contribution in [1.82, 2.24) is 0 Å². The van der Waals surface area contributed by atoms with Gasteiger partial charge in [-0.25, -0.2) is 0 Å². The number of rotatable bonds is 5. The van der Waals surface area contributed by atoms with Gasteiger partial charge in [0.25, 0.3) is 0 Å². The molecular formula is C17H19NOS. The van der Waals surface area contributed by atoms with Crippen molar-refractivity contribution in [2.24, 2.45) is 4.99 Å². The number of nitrogens with zero attached hydrogens (tertiary/aromatic N) is 1. The lowest BCUT2D eigenvalue weighted by Gasteiger charge is -2.05. The van der Waals surface area contributed by atoms with Gasteiger partial charge in [0.1, 0.15) is 5.75 Å². The van der Waals surface area contributed by atoms with Gasteiger partial charge in [-0.15, -0.1) is 11.8 Å². The Labute approximate surface area is 124 Å². The Morgan fingerprint density at radius 3 is 2.75 bits per heavy atom. The van der Waals surface area contributed by atoms with Gasteiger partial charge >= 0.3 is 0 Å². The van der Waals surface area contributed by atoms with Crippen LogP contribution in [0.15, 0.2) is 52.4 Å². The van der Waals surface area contributed by atoms with E-state index in [2.05, 4.69) is 37.0 Å². The number of aliphatic imine (C=N–C) groups is 1. The van der Waals surface area contributed by atoms with E-state index in [4.69, 9.17) is 0 Å². The van der Waals surface area contributed by atoms with Crippen molar-refractivity contribution in [3.8, 4) is 5.75 Å². The van der Waals surface area contributed by atoms with E-state index in [1.807, 2.05) is 30.0 Å². The molecule has 0 fully saturated rings. The minimum atomic E-state index is 0.276. The van der Waals surface area contributed by atoms with Gasteiger partial charge in [0.15, 0.2) is 0 Å². The third kappa shape index (κ3) is 4.14. The van der Waals surface area contributed by atoms with Crippen LogP contribution in [-0.2, 0) is 0 Å². The van der Waals surface area contributed by atoms with Crippen LogP contribution in [0.25, 0.3) is 0 Å². The second kappa shape index (κ2) is 7.15. The maximum absolute atomic E-state index is 9.62. The normalized spacial score (nSPS) is 11.1. The van der Waals surface area contributed by atoms with Crippen molar-refractivity contribution in [3.05, 3.63) is 59.2 Å². The van der Waals surface area contributed by atoms with E-state index in [-0.39, 0.29) is 5.75 Å². The number of para-hydroxylation sites is 1. The fourth-order valence-electron chi connectivity index (χ4n) is 1.83. The van der Waals surface area contributed by atoms with Crippen LogP contribution in [0.4, 0.5) is 0 Å². The lowest BCUT2D eigenvalue weighted by Crippen LogP contribution is -1.90. The molecule has 2 nitrogen and oxygen atoms in total. The molecule has 2 aromatic rings. The van der Waals surface area contributed by atoms with Gasteiger partial charge in [-0.05, 0) is 37.6 Å². The molecule has 1 N–H and O–H groups in total. The summed E-state index contributed by atoms with van der Waals surface area (Å²) in [6, 6.07) is 13.7. The molecule has 0 amide bonds. The predicted octanol–water partition coefficient (Wildman–Crippen LogP) is 4.22. The summed E-state index contributed by atoms with van der Waals surface area (Å²) in [5.74, 6) is 1.22. The van der Waals surface area contributed by atoms with E-state index in [0.717, 1.165) is 17.9 Å². The summed E-state index contributed by atoms with van der Waals surface area (Å²) in [6.07, 6.45) is 1.74. The smallest absolute Gasteiger partial charge is 0.124 e. The van der Waals surface area contributed by atoms with Gasteiger partial charge in [-0.2, -0.15) is 0 Å². The molecule has 0 aliphatic heterocycles. The second-order valence-corrected chi connectivity index (χ2v) is 5.85. The van der Waals surface area contributed by atoms with Crippen LogP contribution in [0.2, 0.25) is 0 Å². The summed E-state index contributed by atoms with van der Waals surface area (Å²) in [5.41, 5.74) is 3.37. The summed E-state index contributed by atoms with van der Waals surface area (Å²) in [7, 11) is 0. The Morgan fingerprint density at radius 2 is 1.95 bits per heavy atom. The van der Waals surface area contributed by atoms with Gasteiger partial charge in [-0.3, -0.25) is 4.99 Å². The number of benzene rings is 2. The first-order chi connectivity index (χ1) is 9.66. The van der Waals surface area contributed by atoms with E-state index >= 15 is 0 Å². The van der Waals surface area contributed by atoms with E-state index in [9.17, 15) is 5.11 Å². The number of aryl methyl sites for hydroxylation is 2. The topological polar surface area (TPSA) is 32.6 Å². The lowest BCUT2D eigenvalue weighted by molar-refractivity contribution is 0.474. The Morgan fingerprint density at radius 1 is 1.15 bits per heavy atom. The minimum Gasteiger partial charge on any atom is -0.507 e. The zero-order chi connectivity index (χ0) is 14.4. The van der Waals surface area contributed by atoms with E-state index < -0.39 is 0 Å². The first-order valence-electron chi connectivity index (χ1n) is 6.64. The molecule has 2 aromatic carbocycles. The Balaban J connectivity index is 1.85. The van der Waals surface area contributed by atoms with E-state index in [0.29, 0.717) is 0 Å². The molecule has 0 saturated heterocycles. The van der Waals surface area contributed by atoms with Crippen LogP contribution in [0.3, 0.4) is 0 Å². The molecule has 104 valence electrons.